The maximum atomic E-state index is 13.2. The van der Waals surface area contributed by atoms with Crippen LogP contribution in [0.25, 0.3) is 10.2 Å². The fraction of sp³-hybridized carbons (Fsp3) is 0.458. The number of carbonyl (C=O) groups excluding carboxylic acids is 1. The molecule has 3 aromatic rings. The molecule has 0 unspecified atom stereocenters. The van der Waals surface area contributed by atoms with E-state index in [2.05, 4.69) is 35.8 Å². The molecule has 6 nitrogen and oxygen atoms in total. The summed E-state index contributed by atoms with van der Waals surface area (Å²) in [5.41, 5.74) is 3.35. The Morgan fingerprint density at radius 3 is 2.90 bits per heavy atom. The van der Waals surface area contributed by atoms with Crippen molar-refractivity contribution in [1.82, 2.24) is 14.9 Å². The van der Waals surface area contributed by atoms with Crippen LogP contribution in [0.1, 0.15) is 61.2 Å². The summed E-state index contributed by atoms with van der Waals surface area (Å²) in [5, 5.41) is 7.47. The maximum absolute atomic E-state index is 13.2. The minimum Gasteiger partial charge on any atom is -0.331 e. The van der Waals surface area contributed by atoms with Crippen LogP contribution in [0.3, 0.4) is 0 Å². The quantitative estimate of drug-likeness (QED) is 0.598. The molecule has 0 spiro atoms. The van der Waals surface area contributed by atoms with Gasteiger partial charge in [0.25, 0.3) is 5.56 Å². The highest BCUT2D eigenvalue weighted by molar-refractivity contribution is 7.22. The van der Waals surface area contributed by atoms with Gasteiger partial charge in [0.05, 0.1) is 11.4 Å². The molecule has 2 aliphatic rings. The molecule has 2 atom stereocenters. The van der Waals surface area contributed by atoms with Crippen LogP contribution in [0.2, 0.25) is 0 Å². The van der Waals surface area contributed by atoms with Crippen molar-refractivity contribution in [2.45, 2.75) is 65.0 Å². The normalized spacial score (nSPS) is 20.6. The van der Waals surface area contributed by atoms with Crippen LogP contribution in [0.4, 0.5) is 9.80 Å². The van der Waals surface area contributed by atoms with E-state index in [1.54, 1.807) is 0 Å². The molecule has 1 aromatic carbocycles. The molecule has 0 fully saturated rings. The molecule has 162 valence electrons. The molecule has 0 bridgehead atoms. The highest BCUT2D eigenvalue weighted by Crippen LogP contribution is 2.34. The zero-order valence-corrected chi connectivity index (χ0v) is 18.8. The molecule has 0 saturated heterocycles. The summed E-state index contributed by atoms with van der Waals surface area (Å²) in [6.07, 6.45) is 5.94. The zero-order valence-electron chi connectivity index (χ0n) is 18.0. The number of rotatable bonds is 2. The largest absolute Gasteiger partial charge is 0.331 e. The average molecular weight is 437 g/mol. The summed E-state index contributed by atoms with van der Waals surface area (Å²) in [7, 11) is 0. The maximum Gasteiger partial charge on any atom is 0.320 e. The Morgan fingerprint density at radius 2 is 2.03 bits per heavy atom. The molecule has 0 radical (unpaired) electrons. The first kappa shape index (κ1) is 20.2. The Balaban J connectivity index is 1.40. The highest BCUT2D eigenvalue weighted by atomic mass is 32.1. The van der Waals surface area contributed by atoms with Gasteiger partial charge in [0.2, 0.25) is 0 Å². The van der Waals surface area contributed by atoms with Crippen molar-refractivity contribution in [3.63, 3.8) is 0 Å². The van der Waals surface area contributed by atoms with E-state index in [0.29, 0.717) is 16.3 Å². The van der Waals surface area contributed by atoms with Crippen molar-refractivity contribution in [2.24, 2.45) is 5.92 Å². The third-order valence-electron chi connectivity index (χ3n) is 6.74. The Bertz CT molecular complexity index is 1210. The summed E-state index contributed by atoms with van der Waals surface area (Å²) >= 11 is 1.40. The van der Waals surface area contributed by atoms with Crippen molar-refractivity contribution in [3.05, 3.63) is 57.1 Å². The second-order valence-corrected chi connectivity index (χ2v) is 9.89. The number of nitrogens with zero attached hydrogens (tertiary/aromatic N) is 2. The number of amides is 2. The fourth-order valence-electron chi connectivity index (χ4n) is 4.87. The zero-order chi connectivity index (χ0) is 21.5. The van der Waals surface area contributed by atoms with Gasteiger partial charge in [-0.3, -0.25) is 14.7 Å². The van der Waals surface area contributed by atoms with E-state index in [1.165, 1.54) is 22.5 Å². The van der Waals surface area contributed by atoms with E-state index in [4.69, 9.17) is 4.98 Å². The number of hydrogen-bond acceptors (Lipinski definition) is 4. The molecule has 0 saturated carbocycles. The van der Waals surface area contributed by atoms with Gasteiger partial charge in [0.1, 0.15) is 15.7 Å². The Hall–Kier alpha value is -2.67. The topological polar surface area (TPSA) is 76.0 Å². The highest BCUT2D eigenvalue weighted by Gasteiger charge is 2.24. The number of aryl methyl sites for hydroxylation is 3. The standard InChI is InChI=1S/C24H28N4O2S/c1-14-10-11-19-26-22-20(23(29)28(19)13-12-14)15(2)21(31-22)27-24(30)25-18-9-5-7-16-6-3-4-8-17(16)18/h3-4,6,8,14,18H,5,7,9-13H2,1-2H3,(H2,25,27,30)/t14-,18+/m0/s1. The summed E-state index contributed by atoms with van der Waals surface area (Å²) in [6, 6.07) is 8.10. The van der Waals surface area contributed by atoms with Crippen LogP contribution in [0.5, 0.6) is 0 Å². The third-order valence-corrected chi connectivity index (χ3v) is 7.84. The van der Waals surface area contributed by atoms with E-state index in [-0.39, 0.29) is 17.6 Å². The molecule has 3 heterocycles. The van der Waals surface area contributed by atoms with Gasteiger partial charge in [-0.1, -0.05) is 42.5 Å². The van der Waals surface area contributed by atoms with Crippen LogP contribution < -0.4 is 16.2 Å². The lowest BCUT2D eigenvalue weighted by atomic mass is 9.88. The Morgan fingerprint density at radius 1 is 1.19 bits per heavy atom. The number of anilines is 1. The van der Waals surface area contributed by atoms with Crippen LogP contribution in [-0.2, 0) is 19.4 Å². The van der Waals surface area contributed by atoms with Crippen molar-refractivity contribution < 1.29 is 4.79 Å². The van der Waals surface area contributed by atoms with Crippen molar-refractivity contribution in [2.75, 3.05) is 5.32 Å². The van der Waals surface area contributed by atoms with Gasteiger partial charge < -0.3 is 5.32 Å². The van der Waals surface area contributed by atoms with E-state index < -0.39 is 0 Å². The SMILES string of the molecule is Cc1c(NC(=O)N[C@@H]2CCCc3ccccc32)sc2nc3n(c(=O)c12)CC[C@@H](C)CC3. The van der Waals surface area contributed by atoms with Crippen LogP contribution in [0, 0.1) is 12.8 Å². The van der Waals surface area contributed by atoms with E-state index in [0.717, 1.165) is 61.3 Å². The monoisotopic (exact) mass is 436 g/mol. The number of thiophene rings is 1. The molecule has 2 N–H and O–H groups in total. The summed E-state index contributed by atoms with van der Waals surface area (Å²) in [6.45, 7) is 4.85. The summed E-state index contributed by atoms with van der Waals surface area (Å²) < 4.78 is 1.84. The molecule has 31 heavy (non-hydrogen) atoms. The summed E-state index contributed by atoms with van der Waals surface area (Å²) in [4.78, 5) is 31.6. The van der Waals surface area contributed by atoms with Gasteiger partial charge in [0.15, 0.2) is 0 Å². The van der Waals surface area contributed by atoms with Gasteiger partial charge in [-0.15, -0.1) is 0 Å². The van der Waals surface area contributed by atoms with Crippen LogP contribution >= 0.6 is 11.3 Å². The lowest BCUT2D eigenvalue weighted by molar-refractivity contribution is 0.247. The fourth-order valence-corrected chi connectivity index (χ4v) is 5.96. The van der Waals surface area contributed by atoms with Crippen molar-refractivity contribution in [1.29, 1.82) is 0 Å². The van der Waals surface area contributed by atoms with Gasteiger partial charge in [-0.2, -0.15) is 0 Å². The number of urea groups is 1. The first-order valence-corrected chi connectivity index (χ1v) is 12.0. The van der Waals surface area contributed by atoms with E-state index in [9.17, 15) is 9.59 Å². The van der Waals surface area contributed by atoms with Gasteiger partial charge >= 0.3 is 6.03 Å². The van der Waals surface area contributed by atoms with Gasteiger partial charge in [-0.05, 0) is 61.6 Å². The second kappa shape index (κ2) is 8.11. The summed E-state index contributed by atoms with van der Waals surface area (Å²) in [5.74, 6) is 1.48. The number of carbonyl (C=O) groups is 1. The molecule has 1 aliphatic carbocycles. The van der Waals surface area contributed by atoms with Crippen molar-refractivity contribution >= 4 is 32.6 Å². The third kappa shape index (κ3) is 3.76. The molecule has 1 aliphatic heterocycles. The predicted octanol–water partition coefficient (Wildman–Crippen LogP) is 4.94. The number of fused-ring (bicyclic) bond motifs is 3. The lowest BCUT2D eigenvalue weighted by Crippen LogP contribution is -2.34. The smallest absolute Gasteiger partial charge is 0.320 e. The van der Waals surface area contributed by atoms with Gasteiger partial charge in [-0.25, -0.2) is 9.78 Å². The Labute approximate surface area is 185 Å². The second-order valence-electron chi connectivity index (χ2n) is 8.90. The Kier molecular flexibility index (Phi) is 5.30. The van der Waals surface area contributed by atoms with E-state index >= 15 is 0 Å². The molecule has 5 rings (SSSR count). The first-order valence-electron chi connectivity index (χ1n) is 11.2. The molecule has 7 heteroatoms. The average Bonchev–Trinajstić information content (AvgIpc) is 2.93. The molecule has 2 amide bonds. The lowest BCUT2D eigenvalue weighted by Gasteiger charge is -2.26. The van der Waals surface area contributed by atoms with Gasteiger partial charge in [0, 0.05) is 13.0 Å². The molecular formula is C24H28N4O2S. The number of aromatic nitrogens is 2. The molecule has 2 aromatic heterocycles. The van der Waals surface area contributed by atoms with Crippen LogP contribution in [-0.4, -0.2) is 15.6 Å². The number of benzene rings is 1. The number of nitrogens with one attached hydrogen (secondary N) is 2. The van der Waals surface area contributed by atoms with Crippen LogP contribution in [0.15, 0.2) is 29.1 Å². The van der Waals surface area contributed by atoms with E-state index in [1.807, 2.05) is 17.6 Å². The van der Waals surface area contributed by atoms with Crippen molar-refractivity contribution in [3.8, 4) is 0 Å². The number of hydrogen-bond donors (Lipinski definition) is 2. The first-order chi connectivity index (χ1) is 15.0. The minimum absolute atomic E-state index is 0.0152. The minimum atomic E-state index is -0.230. The molecular weight excluding hydrogens is 408 g/mol. The predicted molar refractivity (Wildman–Crippen MR) is 125 cm³/mol.